The summed E-state index contributed by atoms with van der Waals surface area (Å²) in [6, 6.07) is 7.75. The van der Waals surface area contributed by atoms with Crippen LogP contribution in [0.5, 0.6) is 0 Å². The van der Waals surface area contributed by atoms with E-state index >= 15 is 0 Å². The van der Waals surface area contributed by atoms with Crippen LogP contribution in [0.1, 0.15) is 44.4 Å². The lowest BCUT2D eigenvalue weighted by Gasteiger charge is -2.28. The molecule has 1 aromatic rings. The molecule has 2 heteroatoms. The quantitative estimate of drug-likeness (QED) is 0.798. The summed E-state index contributed by atoms with van der Waals surface area (Å²) >= 11 is 0. The smallest absolute Gasteiger partial charge is 0.107 e. The van der Waals surface area contributed by atoms with Gasteiger partial charge in [-0.05, 0) is 30.9 Å². The fourth-order valence-electron chi connectivity index (χ4n) is 1.54. The molecule has 2 nitrogen and oxygen atoms in total. The molecule has 0 amide bonds. The van der Waals surface area contributed by atoms with Crippen molar-refractivity contribution in [3.8, 4) is 0 Å². The fourth-order valence-corrected chi connectivity index (χ4v) is 1.54. The highest BCUT2D eigenvalue weighted by Crippen LogP contribution is 2.28. The molecule has 0 saturated heterocycles. The van der Waals surface area contributed by atoms with Crippen LogP contribution < -0.4 is 0 Å². The number of benzene rings is 1. The van der Waals surface area contributed by atoms with Crippen molar-refractivity contribution >= 4 is 0 Å². The van der Waals surface area contributed by atoms with Crippen molar-refractivity contribution in [3.63, 3.8) is 0 Å². The van der Waals surface area contributed by atoms with Gasteiger partial charge in [-0.25, -0.2) is 0 Å². The van der Waals surface area contributed by atoms with E-state index in [1.165, 1.54) is 5.56 Å². The fraction of sp³-hybridized carbons (Fsp3) is 0.538. The molecule has 0 bridgehead atoms. The second-order valence-corrected chi connectivity index (χ2v) is 4.21. The highest BCUT2D eigenvalue weighted by Gasteiger charge is 2.29. The Bertz CT molecular complexity index is 318. The number of aliphatic hydroxyl groups is 2. The van der Waals surface area contributed by atoms with Crippen molar-refractivity contribution in [3.05, 3.63) is 35.4 Å². The van der Waals surface area contributed by atoms with Crippen molar-refractivity contribution < 1.29 is 10.2 Å². The molecule has 1 aromatic carbocycles. The van der Waals surface area contributed by atoms with E-state index < -0.39 is 11.7 Å². The number of aryl methyl sites for hydroxylation is 1. The minimum absolute atomic E-state index is 0.532. The standard InChI is InChI=1S/C13H20O2/c1-4-10-7-6-8-11(9-10)12(14)13(3,15)5-2/h6-9,12,14-15H,4-5H2,1-3H3. The Labute approximate surface area is 91.6 Å². The maximum atomic E-state index is 10.0. The Kier molecular flexibility index (Phi) is 3.89. The molecule has 0 spiro atoms. The Morgan fingerprint density at radius 1 is 1.33 bits per heavy atom. The van der Waals surface area contributed by atoms with Crippen molar-refractivity contribution in [2.45, 2.75) is 45.3 Å². The van der Waals surface area contributed by atoms with Crippen molar-refractivity contribution in [2.75, 3.05) is 0 Å². The summed E-state index contributed by atoms with van der Waals surface area (Å²) in [6.45, 7) is 5.60. The van der Waals surface area contributed by atoms with Crippen LogP contribution >= 0.6 is 0 Å². The van der Waals surface area contributed by atoms with E-state index in [2.05, 4.69) is 6.92 Å². The van der Waals surface area contributed by atoms with E-state index in [9.17, 15) is 10.2 Å². The van der Waals surface area contributed by atoms with Gasteiger partial charge in [-0.15, -0.1) is 0 Å². The lowest BCUT2D eigenvalue weighted by molar-refractivity contribution is -0.0658. The molecular weight excluding hydrogens is 188 g/mol. The monoisotopic (exact) mass is 208 g/mol. The molecular formula is C13H20O2. The van der Waals surface area contributed by atoms with Gasteiger partial charge in [0.2, 0.25) is 0 Å². The van der Waals surface area contributed by atoms with Crippen LogP contribution in [0.15, 0.2) is 24.3 Å². The first-order valence-electron chi connectivity index (χ1n) is 5.50. The summed E-state index contributed by atoms with van der Waals surface area (Å²) in [6.07, 6.45) is 0.660. The molecule has 1 rings (SSSR count). The van der Waals surface area contributed by atoms with Crippen molar-refractivity contribution in [1.82, 2.24) is 0 Å². The van der Waals surface area contributed by atoms with Crippen LogP contribution in [0.2, 0.25) is 0 Å². The molecule has 2 N–H and O–H groups in total. The van der Waals surface area contributed by atoms with Crippen LogP contribution in [-0.2, 0) is 6.42 Å². The molecule has 0 radical (unpaired) electrons. The highest BCUT2D eigenvalue weighted by molar-refractivity contribution is 5.26. The zero-order chi connectivity index (χ0) is 11.5. The molecule has 0 saturated carbocycles. The van der Waals surface area contributed by atoms with Gasteiger partial charge in [0.1, 0.15) is 6.10 Å². The van der Waals surface area contributed by atoms with Crippen LogP contribution in [-0.4, -0.2) is 15.8 Å². The minimum Gasteiger partial charge on any atom is -0.387 e. The maximum absolute atomic E-state index is 10.0. The van der Waals surface area contributed by atoms with E-state index in [-0.39, 0.29) is 0 Å². The van der Waals surface area contributed by atoms with E-state index in [0.29, 0.717) is 6.42 Å². The van der Waals surface area contributed by atoms with E-state index in [4.69, 9.17) is 0 Å². The van der Waals surface area contributed by atoms with Gasteiger partial charge < -0.3 is 10.2 Å². The SMILES string of the molecule is CCc1cccc(C(O)C(C)(O)CC)c1. The Morgan fingerprint density at radius 2 is 2.00 bits per heavy atom. The second-order valence-electron chi connectivity index (χ2n) is 4.21. The molecule has 15 heavy (non-hydrogen) atoms. The lowest BCUT2D eigenvalue weighted by atomic mass is 9.90. The summed E-state index contributed by atoms with van der Waals surface area (Å²) in [5.74, 6) is 0. The second kappa shape index (κ2) is 4.77. The topological polar surface area (TPSA) is 40.5 Å². The Balaban J connectivity index is 2.95. The molecule has 0 aliphatic carbocycles. The van der Waals surface area contributed by atoms with Crippen LogP contribution in [0.25, 0.3) is 0 Å². The summed E-state index contributed by atoms with van der Waals surface area (Å²) < 4.78 is 0. The first-order valence-corrected chi connectivity index (χ1v) is 5.50. The van der Waals surface area contributed by atoms with Gasteiger partial charge in [-0.2, -0.15) is 0 Å². The van der Waals surface area contributed by atoms with Crippen molar-refractivity contribution in [1.29, 1.82) is 0 Å². The first-order chi connectivity index (χ1) is 7.01. The predicted octanol–water partition coefficient (Wildman–Crippen LogP) is 2.44. The maximum Gasteiger partial charge on any atom is 0.107 e. The van der Waals surface area contributed by atoms with E-state index in [1.54, 1.807) is 6.92 Å². The Hall–Kier alpha value is -0.860. The van der Waals surface area contributed by atoms with Gasteiger partial charge in [-0.3, -0.25) is 0 Å². The molecule has 0 aliphatic rings. The molecule has 0 aromatic heterocycles. The highest BCUT2D eigenvalue weighted by atomic mass is 16.3. The molecule has 2 atom stereocenters. The van der Waals surface area contributed by atoms with Gasteiger partial charge in [0, 0.05) is 0 Å². The van der Waals surface area contributed by atoms with Gasteiger partial charge in [-0.1, -0.05) is 38.1 Å². The summed E-state index contributed by atoms with van der Waals surface area (Å²) in [7, 11) is 0. The summed E-state index contributed by atoms with van der Waals surface area (Å²) in [5, 5.41) is 20.0. The molecule has 0 aliphatic heterocycles. The minimum atomic E-state index is -1.05. The van der Waals surface area contributed by atoms with Crippen molar-refractivity contribution in [2.24, 2.45) is 0 Å². The average molecular weight is 208 g/mol. The third-order valence-corrected chi connectivity index (χ3v) is 2.98. The Morgan fingerprint density at radius 3 is 2.53 bits per heavy atom. The van der Waals surface area contributed by atoms with Gasteiger partial charge in [0.25, 0.3) is 0 Å². The number of hydrogen-bond acceptors (Lipinski definition) is 2. The largest absolute Gasteiger partial charge is 0.387 e. The van der Waals surface area contributed by atoms with E-state index in [0.717, 1.165) is 12.0 Å². The number of aliphatic hydroxyl groups excluding tert-OH is 1. The predicted molar refractivity (Wildman–Crippen MR) is 61.7 cm³/mol. The van der Waals surface area contributed by atoms with Crippen LogP contribution in [0.3, 0.4) is 0 Å². The lowest BCUT2D eigenvalue weighted by Crippen LogP contribution is -2.31. The molecule has 2 unspecified atom stereocenters. The third-order valence-electron chi connectivity index (χ3n) is 2.98. The summed E-state index contributed by atoms with van der Waals surface area (Å²) in [4.78, 5) is 0. The number of rotatable bonds is 4. The normalized spacial score (nSPS) is 17.1. The van der Waals surface area contributed by atoms with Gasteiger partial charge in [0.15, 0.2) is 0 Å². The third kappa shape index (κ3) is 2.80. The molecule has 0 fully saturated rings. The zero-order valence-corrected chi connectivity index (χ0v) is 9.70. The van der Waals surface area contributed by atoms with Crippen LogP contribution in [0.4, 0.5) is 0 Å². The van der Waals surface area contributed by atoms with Gasteiger partial charge in [0.05, 0.1) is 5.60 Å². The first kappa shape index (κ1) is 12.2. The molecule has 0 heterocycles. The molecule has 84 valence electrons. The summed E-state index contributed by atoms with van der Waals surface area (Å²) in [5.41, 5.74) is 0.923. The van der Waals surface area contributed by atoms with E-state index in [1.807, 2.05) is 31.2 Å². The zero-order valence-electron chi connectivity index (χ0n) is 9.70. The number of hydrogen-bond donors (Lipinski definition) is 2. The average Bonchev–Trinajstić information content (AvgIpc) is 2.28. The van der Waals surface area contributed by atoms with Crippen LogP contribution in [0, 0.1) is 0 Å². The van der Waals surface area contributed by atoms with Gasteiger partial charge >= 0.3 is 0 Å².